The Balaban J connectivity index is 1.72. The molecule has 2 amide bonds. The number of carbonyl (C=O) groups excluding carboxylic acids is 2. The molecule has 1 aromatic carbocycles. The smallest absolute Gasteiger partial charge is 0.312 e. The summed E-state index contributed by atoms with van der Waals surface area (Å²) in [5.41, 5.74) is 1.04. The molecule has 138 valence electrons. The number of rotatable bonds is 6. The van der Waals surface area contributed by atoms with Crippen molar-refractivity contribution in [1.29, 1.82) is 0 Å². The van der Waals surface area contributed by atoms with Gasteiger partial charge in [0.05, 0.1) is 6.10 Å². The molecular weight excluding hydrogens is 342 g/mol. The van der Waals surface area contributed by atoms with Crippen molar-refractivity contribution in [3.8, 4) is 0 Å². The SMILES string of the molecule is CC(C)OCCCNC(=O)C(=O)N1CCN(c2cccc(Cl)c2)CC1. The standard InChI is InChI=1S/C18H26ClN3O3/c1-14(2)25-12-4-7-20-17(23)18(24)22-10-8-21(9-11-22)16-6-3-5-15(19)13-16/h3,5-6,13-14H,4,7-12H2,1-2H3,(H,20,23). The Morgan fingerprint density at radius 3 is 2.60 bits per heavy atom. The third kappa shape index (κ3) is 6.21. The molecule has 0 saturated carbocycles. The first-order valence-electron chi connectivity index (χ1n) is 8.66. The molecular formula is C18H26ClN3O3. The first-order valence-corrected chi connectivity index (χ1v) is 9.04. The summed E-state index contributed by atoms with van der Waals surface area (Å²) in [6, 6.07) is 7.65. The summed E-state index contributed by atoms with van der Waals surface area (Å²) in [5.74, 6) is -1.00. The Hall–Kier alpha value is -1.79. The summed E-state index contributed by atoms with van der Waals surface area (Å²) in [4.78, 5) is 27.9. The fourth-order valence-corrected chi connectivity index (χ4v) is 2.84. The van der Waals surface area contributed by atoms with E-state index in [2.05, 4.69) is 10.2 Å². The summed E-state index contributed by atoms with van der Waals surface area (Å²) >= 11 is 6.02. The minimum atomic E-state index is -0.541. The van der Waals surface area contributed by atoms with Crippen molar-refractivity contribution in [3.05, 3.63) is 29.3 Å². The van der Waals surface area contributed by atoms with Crippen LogP contribution in [0.2, 0.25) is 5.02 Å². The molecule has 0 unspecified atom stereocenters. The summed E-state index contributed by atoms with van der Waals surface area (Å²) in [7, 11) is 0. The highest BCUT2D eigenvalue weighted by Crippen LogP contribution is 2.20. The molecule has 1 aliphatic heterocycles. The van der Waals surface area contributed by atoms with Gasteiger partial charge < -0.3 is 19.9 Å². The van der Waals surface area contributed by atoms with Gasteiger partial charge in [-0.15, -0.1) is 0 Å². The molecule has 0 bridgehead atoms. The minimum Gasteiger partial charge on any atom is -0.379 e. The molecule has 7 heteroatoms. The highest BCUT2D eigenvalue weighted by Gasteiger charge is 2.25. The topological polar surface area (TPSA) is 61.9 Å². The Morgan fingerprint density at radius 2 is 1.96 bits per heavy atom. The van der Waals surface area contributed by atoms with Gasteiger partial charge in [-0.05, 0) is 38.5 Å². The van der Waals surface area contributed by atoms with Crippen LogP contribution in [0.15, 0.2) is 24.3 Å². The van der Waals surface area contributed by atoms with E-state index in [1.165, 1.54) is 0 Å². The predicted molar refractivity (Wildman–Crippen MR) is 99.0 cm³/mol. The molecule has 1 heterocycles. The lowest BCUT2D eigenvalue weighted by Gasteiger charge is -2.35. The molecule has 1 fully saturated rings. The van der Waals surface area contributed by atoms with Crippen molar-refractivity contribution in [3.63, 3.8) is 0 Å². The molecule has 0 aliphatic carbocycles. The van der Waals surface area contributed by atoms with Gasteiger partial charge >= 0.3 is 11.8 Å². The zero-order valence-electron chi connectivity index (χ0n) is 14.8. The molecule has 0 aromatic heterocycles. The van der Waals surface area contributed by atoms with Crippen LogP contribution in [0.4, 0.5) is 5.69 Å². The van der Waals surface area contributed by atoms with Gasteiger partial charge in [0, 0.05) is 50.0 Å². The van der Waals surface area contributed by atoms with Gasteiger partial charge in [-0.25, -0.2) is 0 Å². The van der Waals surface area contributed by atoms with Crippen molar-refractivity contribution < 1.29 is 14.3 Å². The van der Waals surface area contributed by atoms with Crippen LogP contribution in [0.5, 0.6) is 0 Å². The van der Waals surface area contributed by atoms with E-state index < -0.39 is 11.8 Å². The van der Waals surface area contributed by atoms with Crippen LogP contribution in [0.1, 0.15) is 20.3 Å². The number of hydrogen-bond acceptors (Lipinski definition) is 4. The second kappa shape index (κ2) is 9.63. The minimum absolute atomic E-state index is 0.174. The molecule has 1 saturated heterocycles. The van der Waals surface area contributed by atoms with Crippen molar-refractivity contribution in [2.45, 2.75) is 26.4 Å². The molecule has 6 nitrogen and oxygen atoms in total. The van der Waals surface area contributed by atoms with Crippen molar-refractivity contribution >= 4 is 29.1 Å². The maximum atomic E-state index is 12.2. The normalized spacial score (nSPS) is 14.7. The molecule has 2 rings (SSSR count). The molecule has 1 aliphatic rings. The van der Waals surface area contributed by atoms with E-state index in [0.29, 0.717) is 50.8 Å². The molecule has 0 radical (unpaired) electrons. The number of nitrogens with zero attached hydrogens (tertiary/aromatic N) is 2. The van der Waals surface area contributed by atoms with Crippen LogP contribution in [-0.2, 0) is 14.3 Å². The lowest BCUT2D eigenvalue weighted by molar-refractivity contribution is -0.146. The average Bonchev–Trinajstić information content (AvgIpc) is 2.60. The lowest BCUT2D eigenvalue weighted by Crippen LogP contribution is -2.52. The van der Waals surface area contributed by atoms with Crippen molar-refractivity contribution in [2.75, 3.05) is 44.2 Å². The summed E-state index contributed by atoms with van der Waals surface area (Å²) in [6.45, 7) is 7.36. The lowest BCUT2D eigenvalue weighted by atomic mass is 10.2. The number of nitrogens with one attached hydrogen (secondary N) is 1. The van der Waals surface area contributed by atoms with E-state index in [4.69, 9.17) is 16.3 Å². The third-order valence-corrected chi connectivity index (χ3v) is 4.23. The zero-order valence-corrected chi connectivity index (χ0v) is 15.6. The number of hydrogen-bond donors (Lipinski definition) is 1. The van der Waals surface area contributed by atoms with Gasteiger partial charge in [0.1, 0.15) is 0 Å². The quantitative estimate of drug-likeness (QED) is 0.616. The van der Waals surface area contributed by atoms with E-state index >= 15 is 0 Å². The molecule has 1 N–H and O–H groups in total. The largest absolute Gasteiger partial charge is 0.379 e. The molecule has 0 spiro atoms. The van der Waals surface area contributed by atoms with Crippen LogP contribution in [0, 0.1) is 0 Å². The number of halogens is 1. The fourth-order valence-electron chi connectivity index (χ4n) is 2.65. The molecule has 0 atom stereocenters. The fraction of sp³-hybridized carbons (Fsp3) is 0.556. The highest BCUT2D eigenvalue weighted by molar-refractivity contribution is 6.35. The van der Waals surface area contributed by atoms with E-state index in [-0.39, 0.29) is 6.10 Å². The Kier molecular flexibility index (Phi) is 7.52. The van der Waals surface area contributed by atoms with Crippen LogP contribution >= 0.6 is 11.6 Å². The number of anilines is 1. The monoisotopic (exact) mass is 367 g/mol. The van der Waals surface area contributed by atoms with Gasteiger partial charge in [-0.2, -0.15) is 0 Å². The van der Waals surface area contributed by atoms with Gasteiger partial charge in [0.25, 0.3) is 0 Å². The van der Waals surface area contributed by atoms with E-state index in [9.17, 15) is 9.59 Å². The Morgan fingerprint density at radius 1 is 1.24 bits per heavy atom. The van der Waals surface area contributed by atoms with E-state index in [1.54, 1.807) is 4.90 Å². The highest BCUT2D eigenvalue weighted by atomic mass is 35.5. The summed E-state index contributed by atoms with van der Waals surface area (Å²) in [6.07, 6.45) is 0.868. The van der Waals surface area contributed by atoms with Crippen LogP contribution < -0.4 is 10.2 Å². The third-order valence-electron chi connectivity index (χ3n) is 3.99. The van der Waals surface area contributed by atoms with Crippen LogP contribution in [0.3, 0.4) is 0 Å². The zero-order chi connectivity index (χ0) is 18.2. The van der Waals surface area contributed by atoms with E-state index in [1.807, 2.05) is 38.1 Å². The maximum Gasteiger partial charge on any atom is 0.312 e. The predicted octanol–water partition coefficient (Wildman–Crippen LogP) is 1.92. The van der Waals surface area contributed by atoms with Gasteiger partial charge in [-0.3, -0.25) is 9.59 Å². The second-order valence-electron chi connectivity index (χ2n) is 6.29. The number of amides is 2. The first-order chi connectivity index (χ1) is 12.0. The average molecular weight is 368 g/mol. The van der Waals surface area contributed by atoms with Gasteiger partial charge in [0.2, 0.25) is 0 Å². The number of piperazine rings is 1. The van der Waals surface area contributed by atoms with Gasteiger partial charge in [-0.1, -0.05) is 17.7 Å². The summed E-state index contributed by atoms with van der Waals surface area (Å²) < 4.78 is 5.40. The van der Waals surface area contributed by atoms with Crippen molar-refractivity contribution in [2.24, 2.45) is 0 Å². The Labute approximate surface area is 154 Å². The second-order valence-corrected chi connectivity index (χ2v) is 6.72. The molecule has 25 heavy (non-hydrogen) atoms. The molecule has 1 aromatic rings. The first kappa shape index (κ1) is 19.5. The maximum absolute atomic E-state index is 12.2. The van der Waals surface area contributed by atoms with E-state index in [0.717, 1.165) is 5.69 Å². The summed E-state index contributed by atoms with van der Waals surface area (Å²) in [5, 5.41) is 3.35. The van der Waals surface area contributed by atoms with Gasteiger partial charge in [0.15, 0.2) is 0 Å². The Bertz CT molecular complexity index is 587. The number of benzene rings is 1. The van der Waals surface area contributed by atoms with Crippen molar-refractivity contribution in [1.82, 2.24) is 10.2 Å². The van der Waals surface area contributed by atoms with Crippen LogP contribution in [-0.4, -0.2) is 62.1 Å². The number of carbonyl (C=O) groups is 2. The number of ether oxygens (including phenoxy) is 1. The van der Waals surface area contributed by atoms with Crippen LogP contribution in [0.25, 0.3) is 0 Å².